The lowest BCUT2D eigenvalue weighted by atomic mass is 10.1. The van der Waals surface area contributed by atoms with Crippen molar-refractivity contribution in [1.82, 2.24) is 5.32 Å². The van der Waals surface area contributed by atoms with Crippen molar-refractivity contribution in [3.8, 4) is 5.75 Å². The molecular formula is C15H20ClNO4. The molecule has 1 aromatic carbocycles. The van der Waals surface area contributed by atoms with E-state index in [4.69, 9.17) is 21.4 Å². The molecule has 0 saturated carbocycles. The van der Waals surface area contributed by atoms with Gasteiger partial charge in [-0.1, -0.05) is 43.5 Å². The fraction of sp³-hybridized carbons (Fsp3) is 0.467. The Labute approximate surface area is 129 Å². The Hall–Kier alpha value is -1.75. The molecule has 6 heteroatoms. The van der Waals surface area contributed by atoms with Gasteiger partial charge in [-0.3, -0.25) is 4.79 Å². The molecule has 1 unspecified atom stereocenters. The van der Waals surface area contributed by atoms with E-state index in [0.29, 0.717) is 17.2 Å². The summed E-state index contributed by atoms with van der Waals surface area (Å²) < 4.78 is 5.46. The highest BCUT2D eigenvalue weighted by Crippen LogP contribution is 2.24. The Kier molecular flexibility index (Phi) is 7.02. The van der Waals surface area contributed by atoms with Gasteiger partial charge in [0.15, 0.2) is 6.10 Å². The van der Waals surface area contributed by atoms with Crippen molar-refractivity contribution in [3.63, 3.8) is 0 Å². The molecule has 5 nitrogen and oxygen atoms in total. The second-order valence-corrected chi connectivity index (χ2v) is 5.14. The van der Waals surface area contributed by atoms with Gasteiger partial charge in [0.1, 0.15) is 11.8 Å². The molecule has 0 heterocycles. The minimum absolute atomic E-state index is 0.391. The summed E-state index contributed by atoms with van der Waals surface area (Å²) in [4.78, 5) is 23.1. The van der Waals surface area contributed by atoms with Crippen LogP contribution in [0, 0.1) is 0 Å². The fourth-order valence-corrected chi connectivity index (χ4v) is 1.92. The maximum absolute atomic E-state index is 12.0. The molecule has 21 heavy (non-hydrogen) atoms. The van der Waals surface area contributed by atoms with Crippen LogP contribution in [-0.4, -0.2) is 29.1 Å². The smallest absolute Gasteiger partial charge is 0.326 e. The van der Waals surface area contributed by atoms with Gasteiger partial charge in [0, 0.05) is 0 Å². The third kappa shape index (κ3) is 5.63. The lowest BCUT2D eigenvalue weighted by molar-refractivity contribution is -0.143. The summed E-state index contributed by atoms with van der Waals surface area (Å²) in [6.07, 6.45) is 1.17. The van der Waals surface area contributed by atoms with E-state index in [1.165, 1.54) is 0 Å². The highest BCUT2D eigenvalue weighted by atomic mass is 35.5. The van der Waals surface area contributed by atoms with Crippen LogP contribution in [0.25, 0.3) is 0 Å². The number of para-hydroxylation sites is 1. The predicted octanol–water partition coefficient (Wildman–Crippen LogP) is 2.87. The number of hydrogen-bond acceptors (Lipinski definition) is 3. The molecule has 0 radical (unpaired) electrons. The summed E-state index contributed by atoms with van der Waals surface area (Å²) in [6, 6.07) is 5.91. The van der Waals surface area contributed by atoms with Crippen LogP contribution in [0.5, 0.6) is 5.75 Å². The lowest BCUT2D eigenvalue weighted by Crippen LogP contribution is -2.46. The molecule has 0 aliphatic heterocycles. The molecule has 1 aromatic rings. The van der Waals surface area contributed by atoms with Crippen LogP contribution >= 0.6 is 11.6 Å². The zero-order valence-corrected chi connectivity index (χ0v) is 12.9. The van der Waals surface area contributed by atoms with E-state index in [2.05, 4.69) is 5.32 Å². The predicted molar refractivity (Wildman–Crippen MR) is 80.6 cm³/mol. The van der Waals surface area contributed by atoms with Crippen LogP contribution < -0.4 is 10.1 Å². The second kappa shape index (κ2) is 8.52. The summed E-state index contributed by atoms with van der Waals surface area (Å²) in [7, 11) is 0. The highest BCUT2D eigenvalue weighted by Gasteiger charge is 2.23. The monoisotopic (exact) mass is 313 g/mol. The number of aliphatic carboxylic acids is 1. The first-order valence-corrected chi connectivity index (χ1v) is 7.27. The van der Waals surface area contributed by atoms with E-state index < -0.39 is 24.0 Å². The number of unbranched alkanes of at least 4 members (excludes halogenated alkanes) is 1. The van der Waals surface area contributed by atoms with Crippen LogP contribution in [0.4, 0.5) is 0 Å². The number of hydrogen-bond donors (Lipinski definition) is 2. The largest absolute Gasteiger partial charge is 0.480 e. The number of rotatable bonds is 8. The van der Waals surface area contributed by atoms with Gasteiger partial charge in [0.25, 0.3) is 5.91 Å². The molecule has 0 spiro atoms. The fourth-order valence-electron chi connectivity index (χ4n) is 1.74. The minimum atomic E-state index is -1.04. The van der Waals surface area contributed by atoms with Crippen molar-refractivity contribution < 1.29 is 19.4 Å². The van der Waals surface area contributed by atoms with Crippen LogP contribution in [0.2, 0.25) is 5.02 Å². The standard InChI is InChI=1S/C15H20ClNO4/c1-3-4-8-12(15(19)20)17-14(18)10(2)21-13-9-6-5-7-11(13)16/h5-7,9-10,12H,3-4,8H2,1-2H3,(H,17,18)(H,19,20)/t10?,12-/m0/s1. The summed E-state index contributed by atoms with van der Waals surface area (Å²) in [5.41, 5.74) is 0. The van der Waals surface area contributed by atoms with E-state index in [9.17, 15) is 9.59 Å². The van der Waals surface area contributed by atoms with E-state index in [1.807, 2.05) is 6.92 Å². The molecule has 0 saturated heterocycles. The van der Waals surface area contributed by atoms with Gasteiger partial charge in [0.2, 0.25) is 0 Å². The molecule has 0 aromatic heterocycles. The zero-order valence-electron chi connectivity index (χ0n) is 12.1. The lowest BCUT2D eigenvalue weighted by Gasteiger charge is -2.19. The van der Waals surface area contributed by atoms with Gasteiger partial charge in [-0.25, -0.2) is 4.79 Å². The molecule has 0 aliphatic rings. The second-order valence-electron chi connectivity index (χ2n) is 4.73. The molecule has 2 N–H and O–H groups in total. The first-order chi connectivity index (χ1) is 9.95. The van der Waals surface area contributed by atoms with Crippen LogP contribution in [-0.2, 0) is 9.59 Å². The van der Waals surface area contributed by atoms with Crippen LogP contribution in [0.15, 0.2) is 24.3 Å². The number of carboxylic acid groups (broad SMARTS) is 1. The maximum Gasteiger partial charge on any atom is 0.326 e. The molecule has 1 amide bonds. The van der Waals surface area contributed by atoms with Gasteiger partial charge in [-0.05, 0) is 25.5 Å². The molecule has 0 bridgehead atoms. The number of carbonyl (C=O) groups is 2. The topological polar surface area (TPSA) is 75.6 Å². The quantitative estimate of drug-likeness (QED) is 0.774. The third-order valence-electron chi connectivity index (χ3n) is 2.97. The van der Waals surface area contributed by atoms with Crippen LogP contribution in [0.1, 0.15) is 33.1 Å². The van der Waals surface area contributed by atoms with Gasteiger partial charge >= 0.3 is 5.97 Å². The molecular weight excluding hydrogens is 294 g/mol. The highest BCUT2D eigenvalue weighted by molar-refractivity contribution is 6.32. The summed E-state index contributed by atoms with van der Waals surface area (Å²) in [6.45, 7) is 3.52. The number of amides is 1. The molecule has 2 atom stereocenters. The van der Waals surface area contributed by atoms with Crippen LogP contribution in [0.3, 0.4) is 0 Å². The Morgan fingerprint density at radius 1 is 1.38 bits per heavy atom. The Bertz CT molecular complexity index is 492. The van der Waals surface area contributed by atoms with Crippen molar-refractivity contribution in [3.05, 3.63) is 29.3 Å². The molecule has 0 aliphatic carbocycles. The normalized spacial score (nSPS) is 13.3. The average molecular weight is 314 g/mol. The Balaban J connectivity index is 2.61. The van der Waals surface area contributed by atoms with Gasteiger partial charge in [0.05, 0.1) is 5.02 Å². The SMILES string of the molecule is CCCC[C@H](NC(=O)C(C)Oc1ccccc1Cl)C(=O)O. The Morgan fingerprint density at radius 3 is 2.62 bits per heavy atom. The van der Waals surface area contributed by atoms with Gasteiger partial charge in [-0.2, -0.15) is 0 Å². The molecule has 116 valence electrons. The number of halogens is 1. The summed E-state index contributed by atoms with van der Waals surface area (Å²) in [5, 5.41) is 12.0. The summed E-state index contributed by atoms with van der Waals surface area (Å²) >= 11 is 5.95. The van der Waals surface area contributed by atoms with E-state index in [-0.39, 0.29) is 0 Å². The number of benzene rings is 1. The number of carboxylic acids is 1. The maximum atomic E-state index is 12.0. The van der Waals surface area contributed by atoms with Crippen molar-refractivity contribution in [1.29, 1.82) is 0 Å². The van der Waals surface area contributed by atoms with Gasteiger partial charge in [-0.15, -0.1) is 0 Å². The average Bonchev–Trinajstić information content (AvgIpc) is 2.45. The summed E-state index contributed by atoms with van der Waals surface area (Å²) in [5.74, 6) is -1.12. The molecule has 1 rings (SSSR count). The molecule has 0 fully saturated rings. The minimum Gasteiger partial charge on any atom is -0.480 e. The van der Waals surface area contributed by atoms with E-state index in [0.717, 1.165) is 12.8 Å². The first kappa shape index (κ1) is 17.3. The first-order valence-electron chi connectivity index (χ1n) is 6.90. The third-order valence-corrected chi connectivity index (χ3v) is 3.28. The zero-order chi connectivity index (χ0) is 15.8. The van der Waals surface area contributed by atoms with Crippen molar-refractivity contribution in [2.75, 3.05) is 0 Å². The Morgan fingerprint density at radius 2 is 2.05 bits per heavy atom. The van der Waals surface area contributed by atoms with Crippen molar-refractivity contribution >= 4 is 23.5 Å². The van der Waals surface area contributed by atoms with E-state index in [1.54, 1.807) is 31.2 Å². The van der Waals surface area contributed by atoms with Gasteiger partial charge < -0.3 is 15.2 Å². The van der Waals surface area contributed by atoms with E-state index >= 15 is 0 Å². The number of nitrogens with one attached hydrogen (secondary N) is 1. The number of ether oxygens (including phenoxy) is 1. The van der Waals surface area contributed by atoms with Crippen molar-refractivity contribution in [2.24, 2.45) is 0 Å². The number of carbonyl (C=O) groups excluding carboxylic acids is 1. The van der Waals surface area contributed by atoms with Crippen molar-refractivity contribution in [2.45, 2.75) is 45.3 Å².